The van der Waals surface area contributed by atoms with Gasteiger partial charge in [0.05, 0.1) is 12.0 Å². The molecule has 0 radical (unpaired) electrons. The van der Waals surface area contributed by atoms with Gasteiger partial charge in [0.15, 0.2) is 5.17 Å². The van der Waals surface area contributed by atoms with Crippen LogP contribution in [0.25, 0.3) is 0 Å². The normalized spacial score (nSPS) is 22.9. The Labute approximate surface area is 104 Å². The van der Waals surface area contributed by atoms with E-state index < -0.39 is 5.97 Å². The van der Waals surface area contributed by atoms with Crippen molar-refractivity contribution in [3.63, 3.8) is 0 Å². The Morgan fingerprint density at radius 1 is 1.41 bits per heavy atom. The van der Waals surface area contributed by atoms with Gasteiger partial charge in [-0.05, 0) is 31.0 Å². The van der Waals surface area contributed by atoms with Gasteiger partial charge >= 0.3 is 5.97 Å². The quantitative estimate of drug-likeness (QED) is 0.519. The molecule has 0 aliphatic carbocycles. The van der Waals surface area contributed by atoms with E-state index in [4.69, 9.17) is 0 Å². The molecule has 0 spiro atoms. The average Bonchev–Trinajstić information content (AvgIpc) is 2.72. The molecule has 0 aromatic carbocycles. The standard InChI is InChI=1S/C11H14N2O3S/c1-16-9(14)7-8-10(15)12-11(17-8)13-5-3-2-4-6-13/h7H,2-6H2,1H3/b8-7-. The lowest BCUT2D eigenvalue weighted by atomic mass is 10.1. The summed E-state index contributed by atoms with van der Waals surface area (Å²) in [6.07, 6.45) is 4.69. The van der Waals surface area contributed by atoms with Gasteiger partial charge in [0, 0.05) is 19.2 Å². The van der Waals surface area contributed by atoms with Crippen LogP contribution in [0.3, 0.4) is 0 Å². The lowest BCUT2D eigenvalue weighted by Gasteiger charge is -2.27. The van der Waals surface area contributed by atoms with Gasteiger partial charge in [0.1, 0.15) is 0 Å². The van der Waals surface area contributed by atoms with Crippen LogP contribution in [0.5, 0.6) is 0 Å². The molecule has 0 atom stereocenters. The molecule has 1 amide bonds. The molecule has 17 heavy (non-hydrogen) atoms. The van der Waals surface area contributed by atoms with Crippen LogP contribution in [-0.4, -0.2) is 42.1 Å². The minimum Gasteiger partial charge on any atom is -0.466 e. The molecule has 2 heterocycles. The van der Waals surface area contributed by atoms with E-state index in [0.29, 0.717) is 10.1 Å². The number of methoxy groups -OCH3 is 1. The van der Waals surface area contributed by atoms with Crippen molar-refractivity contribution in [2.45, 2.75) is 19.3 Å². The molecule has 0 saturated carbocycles. The van der Waals surface area contributed by atoms with E-state index in [2.05, 4.69) is 14.6 Å². The lowest BCUT2D eigenvalue weighted by Crippen LogP contribution is -2.33. The highest BCUT2D eigenvalue weighted by molar-refractivity contribution is 8.18. The van der Waals surface area contributed by atoms with Gasteiger partial charge in [-0.15, -0.1) is 0 Å². The fourth-order valence-electron chi connectivity index (χ4n) is 1.78. The molecule has 0 bridgehead atoms. The van der Waals surface area contributed by atoms with Crippen LogP contribution in [0.15, 0.2) is 16.0 Å². The SMILES string of the molecule is COC(=O)/C=C1\SC(N2CCCCC2)=NC1=O. The number of amides is 1. The van der Waals surface area contributed by atoms with E-state index in [9.17, 15) is 9.59 Å². The summed E-state index contributed by atoms with van der Waals surface area (Å²) < 4.78 is 4.50. The van der Waals surface area contributed by atoms with Gasteiger partial charge in [-0.3, -0.25) is 4.79 Å². The monoisotopic (exact) mass is 254 g/mol. The molecule has 0 aromatic rings. The topological polar surface area (TPSA) is 59.0 Å². The van der Waals surface area contributed by atoms with Gasteiger partial charge in [-0.2, -0.15) is 4.99 Å². The molecule has 1 fully saturated rings. The molecule has 2 aliphatic rings. The van der Waals surface area contributed by atoms with Crippen molar-refractivity contribution in [1.29, 1.82) is 0 Å². The van der Waals surface area contributed by atoms with Gasteiger partial charge in [0.2, 0.25) is 0 Å². The number of nitrogens with zero attached hydrogens (tertiary/aromatic N) is 2. The maximum Gasteiger partial charge on any atom is 0.331 e. The molecule has 0 aromatic heterocycles. The largest absolute Gasteiger partial charge is 0.466 e. The first-order valence-corrected chi connectivity index (χ1v) is 6.38. The van der Waals surface area contributed by atoms with Crippen LogP contribution in [-0.2, 0) is 14.3 Å². The summed E-state index contributed by atoms with van der Waals surface area (Å²) >= 11 is 1.26. The number of ether oxygens (including phenoxy) is 1. The van der Waals surface area contributed by atoms with Crippen LogP contribution < -0.4 is 0 Å². The summed E-state index contributed by atoms with van der Waals surface area (Å²) in [5.41, 5.74) is 0. The predicted octanol–water partition coefficient (Wildman–Crippen LogP) is 1.16. The first-order chi connectivity index (χ1) is 8.20. The van der Waals surface area contributed by atoms with E-state index in [0.717, 1.165) is 25.9 Å². The third-order valence-electron chi connectivity index (χ3n) is 2.69. The first-order valence-electron chi connectivity index (χ1n) is 5.56. The number of hydrogen-bond acceptors (Lipinski definition) is 5. The van der Waals surface area contributed by atoms with Crippen molar-refractivity contribution in [2.75, 3.05) is 20.2 Å². The summed E-state index contributed by atoms with van der Waals surface area (Å²) in [7, 11) is 1.29. The zero-order chi connectivity index (χ0) is 12.3. The predicted molar refractivity (Wildman–Crippen MR) is 65.6 cm³/mol. The molecule has 0 N–H and O–H groups in total. The molecule has 5 nitrogen and oxygen atoms in total. The van der Waals surface area contributed by atoms with Crippen molar-refractivity contribution < 1.29 is 14.3 Å². The first kappa shape index (κ1) is 12.2. The van der Waals surface area contributed by atoms with Gasteiger partial charge in [-0.1, -0.05) is 0 Å². The molecule has 0 unspecified atom stereocenters. The Balaban J connectivity index is 2.04. The van der Waals surface area contributed by atoms with Crippen molar-refractivity contribution in [2.24, 2.45) is 4.99 Å². The fraction of sp³-hybridized carbons (Fsp3) is 0.545. The van der Waals surface area contributed by atoms with E-state index >= 15 is 0 Å². The van der Waals surface area contributed by atoms with Gasteiger partial charge in [-0.25, -0.2) is 4.79 Å². The zero-order valence-electron chi connectivity index (χ0n) is 9.64. The van der Waals surface area contributed by atoms with E-state index in [1.54, 1.807) is 0 Å². The highest BCUT2D eigenvalue weighted by atomic mass is 32.2. The number of amidine groups is 1. The number of likely N-dealkylation sites (tertiary alicyclic amines) is 1. The van der Waals surface area contributed by atoms with Crippen LogP contribution in [0.2, 0.25) is 0 Å². The number of aliphatic imine (C=N–C) groups is 1. The number of rotatable bonds is 1. The van der Waals surface area contributed by atoms with E-state index in [1.807, 2.05) is 0 Å². The van der Waals surface area contributed by atoms with Gasteiger partial charge < -0.3 is 9.64 Å². The van der Waals surface area contributed by atoms with Crippen LogP contribution in [0, 0.1) is 0 Å². The molecular weight excluding hydrogens is 240 g/mol. The molecule has 1 saturated heterocycles. The lowest BCUT2D eigenvalue weighted by molar-refractivity contribution is -0.135. The molecule has 2 aliphatic heterocycles. The van der Waals surface area contributed by atoms with Crippen molar-refractivity contribution in [3.05, 3.63) is 11.0 Å². The summed E-state index contributed by atoms with van der Waals surface area (Å²) in [6.45, 7) is 1.87. The Morgan fingerprint density at radius 3 is 2.76 bits per heavy atom. The summed E-state index contributed by atoms with van der Waals surface area (Å²) in [5, 5.41) is 0.713. The number of thioether (sulfide) groups is 1. The smallest absolute Gasteiger partial charge is 0.331 e. The Bertz CT molecular complexity index is 398. The highest BCUT2D eigenvalue weighted by Crippen LogP contribution is 2.29. The van der Waals surface area contributed by atoms with Crippen molar-refractivity contribution in [3.8, 4) is 0 Å². The number of carbonyl (C=O) groups is 2. The maximum atomic E-state index is 11.6. The minimum atomic E-state index is -0.518. The van der Waals surface area contributed by atoms with Crippen molar-refractivity contribution in [1.82, 2.24) is 4.90 Å². The Kier molecular flexibility index (Phi) is 3.83. The van der Waals surface area contributed by atoms with E-state index in [1.165, 1.54) is 31.4 Å². The summed E-state index contributed by atoms with van der Waals surface area (Å²) in [6, 6.07) is 0. The second-order valence-electron chi connectivity index (χ2n) is 3.88. The third-order valence-corrected chi connectivity index (χ3v) is 3.73. The molecule has 92 valence electrons. The van der Waals surface area contributed by atoms with Crippen LogP contribution in [0.1, 0.15) is 19.3 Å². The van der Waals surface area contributed by atoms with Crippen LogP contribution in [0.4, 0.5) is 0 Å². The number of carbonyl (C=O) groups excluding carboxylic acids is 2. The molecule has 2 rings (SSSR count). The highest BCUT2D eigenvalue weighted by Gasteiger charge is 2.27. The second kappa shape index (κ2) is 5.35. The summed E-state index contributed by atoms with van der Waals surface area (Å²) in [5.74, 6) is -0.864. The number of esters is 1. The maximum absolute atomic E-state index is 11.6. The summed E-state index contributed by atoms with van der Waals surface area (Å²) in [4.78, 5) is 29.1. The zero-order valence-corrected chi connectivity index (χ0v) is 10.5. The minimum absolute atomic E-state index is 0.345. The third kappa shape index (κ3) is 2.88. The van der Waals surface area contributed by atoms with Crippen molar-refractivity contribution >= 4 is 28.8 Å². The Hall–Kier alpha value is -1.30. The Morgan fingerprint density at radius 2 is 2.12 bits per heavy atom. The molecule has 6 heteroatoms. The van der Waals surface area contributed by atoms with E-state index in [-0.39, 0.29) is 5.91 Å². The van der Waals surface area contributed by atoms with Gasteiger partial charge in [0.25, 0.3) is 5.91 Å². The average molecular weight is 254 g/mol. The second-order valence-corrected chi connectivity index (χ2v) is 4.89. The number of piperidine rings is 1. The molecular formula is C11H14N2O3S. The number of hydrogen-bond donors (Lipinski definition) is 0. The fourth-order valence-corrected chi connectivity index (χ4v) is 2.71. The van der Waals surface area contributed by atoms with Crippen LogP contribution >= 0.6 is 11.8 Å².